The summed E-state index contributed by atoms with van der Waals surface area (Å²) < 4.78 is 1.73. The number of aryl methyl sites for hydroxylation is 1. The largest absolute Gasteiger partial charge is 0.481 e. The zero-order valence-corrected chi connectivity index (χ0v) is 10.9. The standard InChI is InChI=1S/C13H13ClN2O2/c1-8-5-3-4-6-9(8)13-15-12(14)10(16(13)2)7-11(17)18/h3-6H,7H2,1-2H3,(H,17,18). The van der Waals surface area contributed by atoms with Crippen LogP contribution in [0.4, 0.5) is 0 Å². The van der Waals surface area contributed by atoms with Gasteiger partial charge in [0.1, 0.15) is 5.82 Å². The smallest absolute Gasteiger partial charge is 0.309 e. The summed E-state index contributed by atoms with van der Waals surface area (Å²) in [6.07, 6.45) is -0.131. The van der Waals surface area contributed by atoms with Crippen LogP contribution in [0.1, 0.15) is 11.3 Å². The Morgan fingerprint density at radius 2 is 2.11 bits per heavy atom. The Morgan fingerprint density at radius 1 is 1.44 bits per heavy atom. The minimum Gasteiger partial charge on any atom is -0.481 e. The van der Waals surface area contributed by atoms with Crippen molar-refractivity contribution in [2.75, 3.05) is 0 Å². The number of aromatic nitrogens is 2. The molecule has 1 N–H and O–H groups in total. The number of aliphatic carboxylic acids is 1. The van der Waals surface area contributed by atoms with Gasteiger partial charge in [-0.1, -0.05) is 35.9 Å². The minimum atomic E-state index is -0.920. The molecule has 0 atom stereocenters. The second-order valence-electron chi connectivity index (χ2n) is 4.12. The molecule has 0 unspecified atom stereocenters. The lowest BCUT2D eigenvalue weighted by atomic mass is 10.1. The molecule has 0 saturated heterocycles. The molecular formula is C13H13ClN2O2. The van der Waals surface area contributed by atoms with E-state index in [1.54, 1.807) is 11.6 Å². The third-order valence-corrected chi connectivity index (χ3v) is 3.17. The maximum Gasteiger partial charge on any atom is 0.309 e. The molecule has 2 rings (SSSR count). The van der Waals surface area contributed by atoms with E-state index in [9.17, 15) is 4.79 Å². The molecule has 1 aromatic carbocycles. The second kappa shape index (κ2) is 4.82. The predicted octanol–water partition coefficient (Wildman–Crippen LogP) is 2.68. The lowest BCUT2D eigenvalue weighted by Crippen LogP contribution is -2.06. The zero-order chi connectivity index (χ0) is 13.3. The number of nitrogens with zero attached hydrogens (tertiary/aromatic N) is 2. The molecule has 0 aliphatic carbocycles. The average molecular weight is 265 g/mol. The van der Waals surface area contributed by atoms with Crippen LogP contribution in [0.25, 0.3) is 11.4 Å². The molecule has 0 bridgehead atoms. The van der Waals surface area contributed by atoms with Gasteiger partial charge in [-0.2, -0.15) is 0 Å². The Hall–Kier alpha value is -1.81. The number of carbonyl (C=O) groups is 1. The van der Waals surface area contributed by atoms with Gasteiger partial charge in [-0.15, -0.1) is 0 Å². The van der Waals surface area contributed by atoms with Gasteiger partial charge in [-0.05, 0) is 12.5 Å². The van der Waals surface area contributed by atoms with Crippen LogP contribution in [-0.4, -0.2) is 20.6 Å². The van der Waals surface area contributed by atoms with Crippen LogP contribution in [0.3, 0.4) is 0 Å². The van der Waals surface area contributed by atoms with Gasteiger partial charge in [0.25, 0.3) is 0 Å². The van der Waals surface area contributed by atoms with Gasteiger partial charge in [0.05, 0.1) is 12.1 Å². The Labute approximate surface area is 110 Å². The van der Waals surface area contributed by atoms with E-state index in [1.165, 1.54) is 0 Å². The van der Waals surface area contributed by atoms with Crippen LogP contribution in [0, 0.1) is 6.92 Å². The lowest BCUT2D eigenvalue weighted by Gasteiger charge is -2.06. The van der Waals surface area contributed by atoms with E-state index in [0.29, 0.717) is 11.5 Å². The maximum absolute atomic E-state index is 10.8. The fourth-order valence-electron chi connectivity index (χ4n) is 1.90. The van der Waals surface area contributed by atoms with Gasteiger partial charge in [0.15, 0.2) is 5.15 Å². The Bertz CT molecular complexity index is 605. The van der Waals surface area contributed by atoms with E-state index in [2.05, 4.69) is 4.98 Å². The average Bonchev–Trinajstić information content (AvgIpc) is 2.57. The molecule has 5 heteroatoms. The summed E-state index contributed by atoms with van der Waals surface area (Å²) in [4.78, 5) is 15.0. The highest BCUT2D eigenvalue weighted by Gasteiger charge is 2.17. The molecule has 1 heterocycles. The molecule has 4 nitrogen and oxygen atoms in total. The molecule has 1 aromatic heterocycles. The first-order valence-electron chi connectivity index (χ1n) is 5.49. The molecule has 0 amide bonds. The number of benzene rings is 1. The molecule has 0 fully saturated rings. The summed E-state index contributed by atoms with van der Waals surface area (Å²) in [5.41, 5.74) is 2.55. The van der Waals surface area contributed by atoms with Gasteiger partial charge in [-0.3, -0.25) is 4.79 Å². The molecule has 18 heavy (non-hydrogen) atoms. The molecule has 0 saturated carbocycles. The van der Waals surface area contributed by atoms with Crippen molar-refractivity contribution in [1.29, 1.82) is 0 Å². The van der Waals surface area contributed by atoms with Gasteiger partial charge >= 0.3 is 5.97 Å². The Morgan fingerprint density at radius 3 is 2.72 bits per heavy atom. The Balaban J connectivity index is 2.54. The van der Waals surface area contributed by atoms with Crippen molar-refractivity contribution in [3.8, 4) is 11.4 Å². The number of carboxylic acid groups (broad SMARTS) is 1. The van der Waals surface area contributed by atoms with Gasteiger partial charge in [0, 0.05) is 12.6 Å². The fraction of sp³-hybridized carbons (Fsp3) is 0.231. The number of hydrogen-bond acceptors (Lipinski definition) is 2. The number of halogens is 1. The third-order valence-electron chi connectivity index (χ3n) is 2.87. The molecule has 2 aromatic rings. The van der Waals surface area contributed by atoms with Crippen molar-refractivity contribution < 1.29 is 9.90 Å². The normalized spacial score (nSPS) is 10.6. The molecule has 0 spiro atoms. The van der Waals surface area contributed by atoms with Crippen molar-refractivity contribution >= 4 is 17.6 Å². The monoisotopic (exact) mass is 264 g/mol. The summed E-state index contributed by atoms with van der Waals surface area (Å²) in [5.74, 6) is -0.231. The van der Waals surface area contributed by atoms with Gasteiger partial charge in [0.2, 0.25) is 0 Å². The van der Waals surface area contributed by atoms with E-state index in [-0.39, 0.29) is 11.6 Å². The summed E-state index contributed by atoms with van der Waals surface area (Å²) in [7, 11) is 1.78. The van der Waals surface area contributed by atoms with Crippen LogP contribution in [0.5, 0.6) is 0 Å². The van der Waals surface area contributed by atoms with Gasteiger partial charge < -0.3 is 9.67 Å². The second-order valence-corrected chi connectivity index (χ2v) is 4.48. The number of hydrogen-bond donors (Lipinski definition) is 1. The van der Waals surface area contributed by atoms with Crippen LogP contribution in [0.2, 0.25) is 5.15 Å². The molecular weight excluding hydrogens is 252 g/mol. The molecule has 0 aliphatic rings. The van der Waals surface area contributed by atoms with Crippen LogP contribution < -0.4 is 0 Å². The van der Waals surface area contributed by atoms with E-state index in [4.69, 9.17) is 16.7 Å². The Kier molecular flexibility index (Phi) is 3.39. The highest BCUT2D eigenvalue weighted by atomic mass is 35.5. The van der Waals surface area contributed by atoms with E-state index < -0.39 is 5.97 Å². The third kappa shape index (κ3) is 2.24. The fourth-order valence-corrected chi connectivity index (χ4v) is 2.17. The van der Waals surface area contributed by atoms with E-state index >= 15 is 0 Å². The summed E-state index contributed by atoms with van der Waals surface area (Å²) >= 11 is 6.00. The summed E-state index contributed by atoms with van der Waals surface area (Å²) in [6.45, 7) is 1.98. The van der Waals surface area contributed by atoms with E-state index in [0.717, 1.165) is 11.1 Å². The number of imidazole rings is 1. The van der Waals surface area contributed by atoms with Crippen LogP contribution >= 0.6 is 11.6 Å². The van der Waals surface area contributed by atoms with Crippen molar-refractivity contribution in [1.82, 2.24) is 9.55 Å². The quantitative estimate of drug-likeness (QED) is 0.927. The highest BCUT2D eigenvalue weighted by molar-refractivity contribution is 6.30. The van der Waals surface area contributed by atoms with Crippen molar-refractivity contribution in [2.24, 2.45) is 7.05 Å². The topological polar surface area (TPSA) is 55.1 Å². The number of carboxylic acids is 1. The SMILES string of the molecule is Cc1ccccc1-c1nc(Cl)c(CC(=O)O)n1C. The van der Waals surface area contributed by atoms with Crippen LogP contribution in [-0.2, 0) is 18.3 Å². The molecule has 94 valence electrons. The number of rotatable bonds is 3. The first-order valence-corrected chi connectivity index (χ1v) is 5.87. The summed E-state index contributed by atoms with van der Waals surface area (Å²) in [6, 6.07) is 7.79. The van der Waals surface area contributed by atoms with Crippen molar-refractivity contribution in [3.63, 3.8) is 0 Å². The predicted molar refractivity (Wildman–Crippen MR) is 69.7 cm³/mol. The van der Waals surface area contributed by atoms with Crippen molar-refractivity contribution in [3.05, 3.63) is 40.7 Å². The maximum atomic E-state index is 10.8. The zero-order valence-electron chi connectivity index (χ0n) is 10.1. The van der Waals surface area contributed by atoms with Crippen LogP contribution in [0.15, 0.2) is 24.3 Å². The van der Waals surface area contributed by atoms with E-state index in [1.807, 2.05) is 31.2 Å². The summed E-state index contributed by atoms with van der Waals surface area (Å²) in [5, 5.41) is 9.10. The first kappa shape index (κ1) is 12.6. The first-order chi connectivity index (χ1) is 8.50. The molecule has 0 radical (unpaired) electrons. The van der Waals surface area contributed by atoms with Crippen molar-refractivity contribution in [2.45, 2.75) is 13.3 Å². The molecule has 0 aliphatic heterocycles. The lowest BCUT2D eigenvalue weighted by molar-refractivity contribution is -0.136. The minimum absolute atomic E-state index is 0.131. The highest BCUT2D eigenvalue weighted by Crippen LogP contribution is 2.27. The van der Waals surface area contributed by atoms with Gasteiger partial charge in [-0.25, -0.2) is 4.98 Å².